The third-order valence-electron chi connectivity index (χ3n) is 2.03. The molecule has 0 aliphatic carbocycles. The van der Waals surface area contributed by atoms with E-state index in [1.165, 1.54) is 0 Å². The number of aryl methyl sites for hydroxylation is 1. The van der Waals surface area contributed by atoms with Crippen molar-refractivity contribution in [2.45, 2.75) is 13.0 Å². The number of nitrogens with zero attached hydrogens (tertiary/aromatic N) is 1. The quantitative estimate of drug-likeness (QED) is 0.715. The van der Waals surface area contributed by atoms with E-state index in [0.29, 0.717) is 13.2 Å². The predicted molar refractivity (Wildman–Crippen MR) is 56.6 cm³/mol. The Hall–Kier alpha value is -0.970. The lowest BCUT2D eigenvalue weighted by atomic mass is 10.1. The number of ether oxygens (including phenoxy) is 2. The maximum atomic E-state index is 9.70. The highest BCUT2D eigenvalue weighted by atomic mass is 16.5. The van der Waals surface area contributed by atoms with E-state index >= 15 is 0 Å². The fourth-order valence-corrected chi connectivity index (χ4v) is 1.11. The zero-order valence-corrected chi connectivity index (χ0v) is 9.14. The van der Waals surface area contributed by atoms with Crippen molar-refractivity contribution in [1.29, 1.82) is 0 Å². The van der Waals surface area contributed by atoms with Crippen LogP contribution in [-0.4, -0.2) is 37.0 Å². The van der Waals surface area contributed by atoms with E-state index in [1.54, 1.807) is 13.3 Å². The molecule has 0 aliphatic rings. The monoisotopic (exact) mass is 211 g/mol. The van der Waals surface area contributed by atoms with Gasteiger partial charge in [-0.2, -0.15) is 0 Å². The molecular weight excluding hydrogens is 194 g/mol. The lowest BCUT2D eigenvalue weighted by Crippen LogP contribution is -2.10. The number of aliphatic hydroxyl groups is 1. The van der Waals surface area contributed by atoms with Crippen molar-refractivity contribution in [3.8, 4) is 0 Å². The molecular formula is C11H17NO3. The number of hydrogen-bond donors (Lipinski definition) is 1. The largest absolute Gasteiger partial charge is 0.386 e. The smallest absolute Gasteiger partial charge is 0.104 e. The minimum Gasteiger partial charge on any atom is -0.386 e. The number of hydrogen-bond acceptors (Lipinski definition) is 4. The molecule has 0 saturated carbocycles. The molecule has 0 aliphatic heterocycles. The van der Waals surface area contributed by atoms with Crippen LogP contribution in [0.5, 0.6) is 0 Å². The average molecular weight is 211 g/mol. The summed E-state index contributed by atoms with van der Waals surface area (Å²) in [6.45, 7) is 3.21. The molecule has 1 unspecified atom stereocenters. The van der Waals surface area contributed by atoms with Crippen LogP contribution in [0.3, 0.4) is 0 Å². The predicted octanol–water partition coefficient (Wildman–Crippen LogP) is 1.09. The summed E-state index contributed by atoms with van der Waals surface area (Å²) in [5.74, 6) is 0. The molecule has 0 fully saturated rings. The molecule has 84 valence electrons. The van der Waals surface area contributed by atoms with E-state index in [4.69, 9.17) is 9.47 Å². The summed E-state index contributed by atoms with van der Waals surface area (Å²) in [6.07, 6.45) is 1.05. The van der Waals surface area contributed by atoms with E-state index in [0.717, 1.165) is 11.3 Å². The molecule has 1 aromatic heterocycles. The Morgan fingerprint density at radius 1 is 1.40 bits per heavy atom. The van der Waals surface area contributed by atoms with E-state index in [1.807, 2.05) is 19.1 Å². The highest BCUT2D eigenvalue weighted by Gasteiger charge is 2.07. The molecule has 1 heterocycles. The first-order valence-corrected chi connectivity index (χ1v) is 4.91. The summed E-state index contributed by atoms with van der Waals surface area (Å²) in [6, 6.07) is 3.72. The number of aliphatic hydroxyl groups excluding tert-OH is 1. The first kappa shape index (κ1) is 12.1. The normalized spacial score (nSPS) is 12.7. The summed E-state index contributed by atoms with van der Waals surface area (Å²) in [5, 5.41) is 9.70. The molecule has 15 heavy (non-hydrogen) atoms. The summed E-state index contributed by atoms with van der Waals surface area (Å²) < 4.78 is 10.0. The van der Waals surface area contributed by atoms with Gasteiger partial charge in [-0.1, -0.05) is 6.07 Å². The van der Waals surface area contributed by atoms with Gasteiger partial charge < -0.3 is 14.6 Å². The number of pyridine rings is 1. The van der Waals surface area contributed by atoms with Gasteiger partial charge in [-0.25, -0.2) is 0 Å². The second-order valence-corrected chi connectivity index (χ2v) is 3.32. The average Bonchev–Trinajstić information content (AvgIpc) is 2.25. The molecule has 4 nitrogen and oxygen atoms in total. The highest BCUT2D eigenvalue weighted by molar-refractivity contribution is 5.15. The van der Waals surface area contributed by atoms with Gasteiger partial charge >= 0.3 is 0 Å². The van der Waals surface area contributed by atoms with Gasteiger partial charge in [-0.05, 0) is 13.0 Å². The minimum atomic E-state index is -0.616. The standard InChI is InChI=1S/C11H17NO3/c1-9-3-4-10(7-12-9)11(13)8-15-6-5-14-2/h3-4,7,11,13H,5-6,8H2,1-2H3. The fraction of sp³-hybridized carbons (Fsp3) is 0.545. The maximum Gasteiger partial charge on any atom is 0.104 e. The Balaban J connectivity index is 2.33. The molecule has 1 aromatic rings. The zero-order chi connectivity index (χ0) is 11.1. The number of rotatable bonds is 6. The molecule has 4 heteroatoms. The summed E-state index contributed by atoms with van der Waals surface area (Å²) in [7, 11) is 1.61. The van der Waals surface area contributed by atoms with Gasteiger partial charge in [0.15, 0.2) is 0 Å². The molecule has 0 saturated heterocycles. The van der Waals surface area contributed by atoms with E-state index < -0.39 is 6.10 Å². The molecule has 0 spiro atoms. The SMILES string of the molecule is COCCOCC(O)c1ccc(C)nc1. The van der Waals surface area contributed by atoms with Crippen LogP contribution in [0.25, 0.3) is 0 Å². The highest BCUT2D eigenvalue weighted by Crippen LogP contribution is 2.11. The van der Waals surface area contributed by atoms with Gasteiger partial charge in [0, 0.05) is 24.6 Å². The lowest BCUT2D eigenvalue weighted by molar-refractivity contribution is 0.0125. The minimum absolute atomic E-state index is 0.272. The molecule has 0 bridgehead atoms. The van der Waals surface area contributed by atoms with Crippen molar-refractivity contribution in [2.24, 2.45) is 0 Å². The van der Waals surface area contributed by atoms with Crippen molar-refractivity contribution in [2.75, 3.05) is 26.9 Å². The fourth-order valence-electron chi connectivity index (χ4n) is 1.11. The first-order valence-electron chi connectivity index (χ1n) is 4.91. The molecule has 0 radical (unpaired) electrons. The Morgan fingerprint density at radius 3 is 2.80 bits per heavy atom. The van der Waals surface area contributed by atoms with Crippen LogP contribution >= 0.6 is 0 Å². The van der Waals surface area contributed by atoms with Crippen molar-refractivity contribution < 1.29 is 14.6 Å². The van der Waals surface area contributed by atoms with Crippen LogP contribution in [0.2, 0.25) is 0 Å². The van der Waals surface area contributed by atoms with Crippen molar-refractivity contribution >= 4 is 0 Å². The lowest BCUT2D eigenvalue weighted by Gasteiger charge is -2.11. The molecule has 1 N–H and O–H groups in total. The molecule has 1 rings (SSSR count). The van der Waals surface area contributed by atoms with E-state index in [2.05, 4.69) is 4.98 Å². The molecule has 0 amide bonds. The van der Waals surface area contributed by atoms with Gasteiger partial charge in [0.25, 0.3) is 0 Å². The Kier molecular flexibility index (Phi) is 5.25. The van der Waals surface area contributed by atoms with Crippen molar-refractivity contribution in [3.63, 3.8) is 0 Å². The number of methoxy groups -OCH3 is 1. The van der Waals surface area contributed by atoms with Gasteiger partial charge in [-0.3, -0.25) is 4.98 Å². The topological polar surface area (TPSA) is 51.6 Å². The maximum absolute atomic E-state index is 9.70. The second-order valence-electron chi connectivity index (χ2n) is 3.32. The van der Waals surface area contributed by atoms with Gasteiger partial charge in [-0.15, -0.1) is 0 Å². The van der Waals surface area contributed by atoms with Crippen LogP contribution in [0.4, 0.5) is 0 Å². The number of aromatic nitrogens is 1. The van der Waals surface area contributed by atoms with Crippen molar-refractivity contribution in [1.82, 2.24) is 4.98 Å². The third-order valence-corrected chi connectivity index (χ3v) is 2.03. The summed E-state index contributed by atoms with van der Waals surface area (Å²) in [4.78, 5) is 4.10. The van der Waals surface area contributed by atoms with Crippen LogP contribution in [0.1, 0.15) is 17.4 Å². The Labute approximate surface area is 89.9 Å². The van der Waals surface area contributed by atoms with E-state index in [-0.39, 0.29) is 6.61 Å². The van der Waals surface area contributed by atoms with Crippen molar-refractivity contribution in [3.05, 3.63) is 29.6 Å². The first-order chi connectivity index (χ1) is 7.24. The summed E-state index contributed by atoms with van der Waals surface area (Å²) in [5.41, 5.74) is 1.71. The van der Waals surface area contributed by atoms with Crippen LogP contribution < -0.4 is 0 Å². The Bertz CT molecular complexity index is 274. The van der Waals surface area contributed by atoms with Gasteiger partial charge in [0.2, 0.25) is 0 Å². The Morgan fingerprint density at radius 2 is 2.20 bits per heavy atom. The van der Waals surface area contributed by atoms with Crippen LogP contribution in [0, 0.1) is 6.92 Å². The van der Waals surface area contributed by atoms with E-state index in [9.17, 15) is 5.11 Å². The zero-order valence-electron chi connectivity index (χ0n) is 9.14. The van der Waals surface area contributed by atoms with Crippen LogP contribution in [0.15, 0.2) is 18.3 Å². The molecule has 0 aromatic carbocycles. The van der Waals surface area contributed by atoms with Gasteiger partial charge in [0.05, 0.1) is 19.8 Å². The molecule has 1 atom stereocenters. The third kappa shape index (κ3) is 4.38. The second kappa shape index (κ2) is 6.50. The van der Waals surface area contributed by atoms with Crippen LogP contribution in [-0.2, 0) is 9.47 Å². The summed E-state index contributed by atoms with van der Waals surface area (Å²) >= 11 is 0. The van der Waals surface area contributed by atoms with Gasteiger partial charge in [0.1, 0.15) is 6.10 Å².